The molecule has 0 amide bonds. The molecule has 0 saturated heterocycles. The van der Waals surface area contributed by atoms with Crippen molar-refractivity contribution in [2.24, 2.45) is 5.73 Å². The highest BCUT2D eigenvalue weighted by molar-refractivity contribution is 7.93. The minimum atomic E-state index is -4.13. The van der Waals surface area contributed by atoms with E-state index in [-0.39, 0.29) is 16.5 Å². The van der Waals surface area contributed by atoms with Crippen molar-refractivity contribution < 1.29 is 12.8 Å². The second-order valence-electron chi connectivity index (χ2n) is 3.55. The van der Waals surface area contributed by atoms with Crippen LogP contribution in [-0.4, -0.2) is 28.6 Å². The van der Waals surface area contributed by atoms with Crippen LogP contribution in [0.5, 0.6) is 0 Å². The highest BCUT2D eigenvalue weighted by atomic mass is 32.2. The molecule has 1 aromatic heterocycles. The molecule has 1 heterocycles. The number of hydrogen-bond donors (Lipinski definition) is 2. The molecule has 0 aliphatic carbocycles. The fourth-order valence-electron chi connectivity index (χ4n) is 1.44. The van der Waals surface area contributed by atoms with Gasteiger partial charge in [0.1, 0.15) is 15.7 Å². The molecule has 0 aliphatic rings. The van der Waals surface area contributed by atoms with Crippen LogP contribution in [0.25, 0.3) is 0 Å². The third kappa shape index (κ3) is 2.86. The molecule has 0 bridgehead atoms. The molecule has 3 N–H and O–H groups in total. The molecule has 0 saturated carbocycles. The average molecular weight is 313 g/mol. The highest BCUT2D eigenvalue weighted by Gasteiger charge is 2.23. The lowest BCUT2D eigenvalue weighted by molar-refractivity contribution is 0.594. The molecule has 7 nitrogen and oxygen atoms in total. The van der Waals surface area contributed by atoms with Gasteiger partial charge in [0.2, 0.25) is 0 Å². The lowest BCUT2D eigenvalue weighted by atomic mass is 10.2. The van der Waals surface area contributed by atoms with Gasteiger partial charge in [-0.3, -0.25) is 0 Å². The Morgan fingerprint density at radius 3 is 2.70 bits per heavy atom. The van der Waals surface area contributed by atoms with Gasteiger partial charge in [0.25, 0.3) is 16.0 Å². The van der Waals surface area contributed by atoms with E-state index in [9.17, 15) is 12.8 Å². The van der Waals surface area contributed by atoms with Gasteiger partial charge >= 0.3 is 0 Å². The van der Waals surface area contributed by atoms with Crippen LogP contribution in [0.3, 0.4) is 0 Å². The molecular weight excluding hydrogens is 305 g/mol. The Labute approximate surface area is 119 Å². The molecule has 0 radical (unpaired) electrons. The summed E-state index contributed by atoms with van der Waals surface area (Å²) >= 11 is 4.67. The number of nitrogens with two attached hydrogens (primary N) is 1. The number of thiocarbonyl (C=S) groups is 1. The summed E-state index contributed by atoms with van der Waals surface area (Å²) in [4.78, 5) is 2.91. The molecule has 0 atom stereocenters. The van der Waals surface area contributed by atoms with Gasteiger partial charge in [-0.05, 0) is 12.1 Å². The zero-order valence-corrected chi connectivity index (χ0v) is 11.4. The molecule has 0 fully saturated rings. The van der Waals surface area contributed by atoms with Crippen molar-refractivity contribution in [2.75, 3.05) is 4.72 Å². The van der Waals surface area contributed by atoms with Crippen molar-refractivity contribution in [2.45, 2.75) is 4.90 Å². The summed E-state index contributed by atoms with van der Waals surface area (Å²) < 4.78 is 40.1. The first-order valence-corrected chi connectivity index (χ1v) is 7.06. The van der Waals surface area contributed by atoms with Gasteiger partial charge in [0.15, 0.2) is 0 Å². The maximum absolute atomic E-state index is 13.7. The van der Waals surface area contributed by atoms with Gasteiger partial charge in [0, 0.05) is 0 Å². The first kappa shape index (κ1) is 14.2. The van der Waals surface area contributed by atoms with Crippen LogP contribution >= 0.6 is 12.2 Å². The SMILES string of the molecule is NC(=S)c1c(F)cccc1S(=O)(=O)Nc1nccnn1. The average Bonchev–Trinajstić information content (AvgIpc) is 2.38. The van der Waals surface area contributed by atoms with Gasteiger partial charge in [-0.1, -0.05) is 18.3 Å². The van der Waals surface area contributed by atoms with Gasteiger partial charge in [-0.2, -0.15) is 5.10 Å². The minimum Gasteiger partial charge on any atom is -0.389 e. The predicted octanol–water partition coefficient (Wildman–Crippen LogP) is 0.446. The lowest BCUT2D eigenvalue weighted by Crippen LogP contribution is -2.22. The number of rotatable bonds is 4. The van der Waals surface area contributed by atoms with E-state index in [1.165, 1.54) is 24.5 Å². The van der Waals surface area contributed by atoms with E-state index < -0.39 is 20.7 Å². The zero-order valence-electron chi connectivity index (χ0n) is 9.82. The standard InChI is InChI=1S/C10H8FN5O2S2/c11-6-2-1-3-7(8(6)9(12)19)20(17,18)16-10-13-4-5-14-15-10/h1-5H,(H2,12,19)(H,13,15,16). The van der Waals surface area contributed by atoms with Crippen LogP contribution in [0.1, 0.15) is 5.56 Å². The normalized spacial score (nSPS) is 11.1. The van der Waals surface area contributed by atoms with Crippen molar-refractivity contribution >= 4 is 33.2 Å². The van der Waals surface area contributed by atoms with Crippen molar-refractivity contribution in [3.8, 4) is 0 Å². The molecule has 0 unspecified atom stereocenters. The first-order chi connectivity index (χ1) is 9.42. The van der Waals surface area contributed by atoms with E-state index in [1.54, 1.807) is 0 Å². The largest absolute Gasteiger partial charge is 0.389 e. The smallest absolute Gasteiger partial charge is 0.265 e. The second kappa shape index (κ2) is 5.43. The maximum Gasteiger partial charge on any atom is 0.265 e. The van der Waals surface area contributed by atoms with Crippen LogP contribution in [0, 0.1) is 5.82 Å². The summed E-state index contributed by atoms with van der Waals surface area (Å²) in [5.41, 5.74) is 5.00. The Bertz CT molecular complexity index is 751. The number of halogens is 1. The van der Waals surface area contributed by atoms with Gasteiger partial charge < -0.3 is 5.73 Å². The molecular formula is C10H8FN5O2S2. The molecule has 1 aromatic carbocycles. The summed E-state index contributed by atoms with van der Waals surface area (Å²) in [6.45, 7) is 0. The molecule has 104 valence electrons. The lowest BCUT2D eigenvalue weighted by Gasteiger charge is -2.10. The molecule has 0 aliphatic heterocycles. The quantitative estimate of drug-likeness (QED) is 0.788. The molecule has 2 aromatic rings. The number of anilines is 1. The third-order valence-corrected chi connectivity index (χ3v) is 3.79. The Morgan fingerprint density at radius 1 is 1.35 bits per heavy atom. The summed E-state index contributed by atoms with van der Waals surface area (Å²) in [6.07, 6.45) is 2.53. The van der Waals surface area contributed by atoms with E-state index in [4.69, 9.17) is 5.73 Å². The van der Waals surface area contributed by atoms with Gasteiger partial charge in [0.05, 0.1) is 18.0 Å². The van der Waals surface area contributed by atoms with Crippen LogP contribution in [0.2, 0.25) is 0 Å². The monoisotopic (exact) mass is 313 g/mol. The maximum atomic E-state index is 13.7. The van der Waals surface area contributed by atoms with Crippen LogP contribution in [0.15, 0.2) is 35.5 Å². The number of hydrogen-bond acceptors (Lipinski definition) is 6. The fraction of sp³-hybridized carbons (Fsp3) is 0. The number of benzene rings is 1. The minimum absolute atomic E-state index is 0.245. The fourth-order valence-corrected chi connectivity index (χ4v) is 2.89. The van der Waals surface area contributed by atoms with Crippen LogP contribution < -0.4 is 10.5 Å². The zero-order chi connectivity index (χ0) is 14.8. The number of aromatic nitrogens is 3. The van der Waals surface area contributed by atoms with E-state index in [0.29, 0.717) is 0 Å². The number of nitrogens with zero attached hydrogens (tertiary/aromatic N) is 3. The van der Waals surface area contributed by atoms with Crippen LogP contribution in [0.4, 0.5) is 10.3 Å². The molecule has 2 rings (SSSR count). The van der Waals surface area contributed by atoms with Crippen LogP contribution in [-0.2, 0) is 10.0 Å². The molecule has 10 heteroatoms. The first-order valence-electron chi connectivity index (χ1n) is 5.16. The topological polar surface area (TPSA) is 111 Å². The summed E-state index contributed by atoms with van der Waals surface area (Å²) in [6, 6.07) is 3.47. The van der Waals surface area contributed by atoms with Gasteiger partial charge in [-0.15, -0.1) is 5.10 Å². The van der Waals surface area contributed by atoms with Crippen molar-refractivity contribution in [3.63, 3.8) is 0 Å². The van der Waals surface area contributed by atoms with E-state index in [1.807, 2.05) is 0 Å². The number of nitrogens with one attached hydrogen (secondary N) is 1. The van der Waals surface area contributed by atoms with Crippen molar-refractivity contribution in [1.82, 2.24) is 15.2 Å². The van der Waals surface area contributed by atoms with E-state index in [0.717, 1.165) is 6.07 Å². The number of sulfonamides is 1. The second-order valence-corrected chi connectivity index (χ2v) is 5.64. The third-order valence-electron chi connectivity index (χ3n) is 2.22. The van der Waals surface area contributed by atoms with E-state index in [2.05, 4.69) is 32.1 Å². The Hall–Kier alpha value is -2.20. The molecule has 0 spiro atoms. The van der Waals surface area contributed by atoms with E-state index >= 15 is 0 Å². The van der Waals surface area contributed by atoms with Crippen molar-refractivity contribution in [3.05, 3.63) is 42.0 Å². The summed E-state index contributed by atoms with van der Waals surface area (Å²) in [5, 5.41) is 6.95. The summed E-state index contributed by atoms with van der Waals surface area (Å²) in [5.74, 6) is -1.07. The molecule has 20 heavy (non-hydrogen) atoms. The Balaban J connectivity index is 2.50. The highest BCUT2D eigenvalue weighted by Crippen LogP contribution is 2.20. The Morgan fingerprint density at radius 2 is 2.10 bits per heavy atom. The predicted molar refractivity (Wildman–Crippen MR) is 72.9 cm³/mol. The van der Waals surface area contributed by atoms with Crippen molar-refractivity contribution in [1.29, 1.82) is 0 Å². The van der Waals surface area contributed by atoms with Gasteiger partial charge in [-0.25, -0.2) is 22.5 Å². The summed E-state index contributed by atoms with van der Waals surface area (Å²) in [7, 11) is -4.13. The Kier molecular flexibility index (Phi) is 3.86.